The molecule has 1 unspecified atom stereocenters. The van der Waals surface area contributed by atoms with Crippen LogP contribution in [-0.2, 0) is 0 Å². The third-order valence-corrected chi connectivity index (χ3v) is 6.18. The number of aryl methyl sites for hydroxylation is 2. The highest BCUT2D eigenvalue weighted by molar-refractivity contribution is 9.13. The minimum absolute atomic E-state index is 0.0255. The van der Waals surface area contributed by atoms with E-state index in [0.29, 0.717) is 0 Å². The van der Waals surface area contributed by atoms with Crippen LogP contribution in [-0.4, -0.2) is 0 Å². The van der Waals surface area contributed by atoms with Crippen molar-refractivity contribution in [2.24, 2.45) is 5.84 Å². The molecule has 1 aromatic carbocycles. The van der Waals surface area contributed by atoms with Crippen LogP contribution in [0.25, 0.3) is 0 Å². The molecule has 1 aromatic heterocycles. The van der Waals surface area contributed by atoms with Gasteiger partial charge in [0.15, 0.2) is 0 Å². The highest BCUT2D eigenvalue weighted by atomic mass is 79.9. The molecule has 5 heteroatoms. The summed E-state index contributed by atoms with van der Waals surface area (Å²) in [6.45, 7) is 4.20. The van der Waals surface area contributed by atoms with Gasteiger partial charge in [0, 0.05) is 9.35 Å². The van der Waals surface area contributed by atoms with Gasteiger partial charge < -0.3 is 0 Å². The lowest BCUT2D eigenvalue weighted by molar-refractivity contribution is 0.642. The molecule has 2 aromatic rings. The van der Waals surface area contributed by atoms with Gasteiger partial charge in [-0.25, -0.2) is 5.43 Å². The van der Waals surface area contributed by atoms with Gasteiger partial charge in [0.2, 0.25) is 0 Å². The van der Waals surface area contributed by atoms with Gasteiger partial charge in [0.25, 0.3) is 0 Å². The van der Waals surface area contributed by atoms with Crippen LogP contribution in [0.2, 0.25) is 0 Å². The van der Waals surface area contributed by atoms with Crippen molar-refractivity contribution in [2.45, 2.75) is 19.9 Å². The average molecular weight is 390 g/mol. The van der Waals surface area contributed by atoms with E-state index in [2.05, 4.69) is 75.4 Å². The Morgan fingerprint density at radius 2 is 1.94 bits per heavy atom. The summed E-state index contributed by atoms with van der Waals surface area (Å²) < 4.78 is 2.15. The van der Waals surface area contributed by atoms with Crippen LogP contribution >= 0.6 is 43.2 Å². The largest absolute Gasteiger partial charge is 0.271 e. The lowest BCUT2D eigenvalue weighted by Crippen LogP contribution is -2.28. The number of thiophene rings is 1. The molecule has 0 aliphatic rings. The van der Waals surface area contributed by atoms with E-state index in [1.807, 2.05) is 0 Å². The molecular formula is C13H14Br2N2S. The number of hydrazine groups is 1. The van der Waals surface area contributed by atoms with E-state index >= 15 is 0 Å². The molecule has 0 amide bonds. The molecule has 2 rings (SSSR count). The van der Waals surface area contributed by atoms with Crippen molar-refractivity contribution in [2.75, 3.05) is 0 Å². The number of nitrogens with two attached hydrogens (primary N) is 1. The maximum absolute atomic E-state index is 5.74. The van der Waals surface area contributed by atoms with E-state index in [9.17, 15) is 0 Å². The van der Waals surface area contributed by atoms with E-state index in [4.69, 9.17) is 5.84 Å². The topological polar surface area (TPSA) is 38.0 Å². The SMILES string of the molecule is Cc1ccc(C)c(C(NN)c2cc(Br)c(Br)s2)c1. The molecule has 0 aliphatic carbocycles. The molecule has 0 radical (unpaired) electrons. The number of hydrogen-bond donors (Lipinski definition) is 2. The molecule has 0 fully saturated rings. The summed E-state index contributed by atoms with van der Waals surface area (Å²) in [6.07, 6.45) is 0. The molecule has 0 bridgehead atoms. The average Bonchev–Trinajstić information content (AvgIpc) is 2.65. The van der Waals surface area contributed by atoms with Crippen LogP contribution in [0.4, 0.5) is 0 Å². The van der Waals surface area contributed by atoms with E-state index in [0.717, 1.165) is 8.26 Å². The van der Waals surface area contributed by atoms with Crippen LogP contribution in [0.15, 0.2) is 32.5 Å². The van der Waals surface area contributed by atoms with Gasteiger partial charge in [-0.05, 0) is 62.9 Å². The quantitative estimate of drug-likeness (QED) is 0.601. The molecule has 96 valence electrons. The predicted molar refractivity (Wildman–Crippen MR) is 84.8 cm³/mol. The molecule has 0 saturated carbocycles. The summed E-state index contributed by atoms with van der Waals surface area (Å²) in [6, 6.07) is 8.56. The van der Waals surface area contributed by atoms with Gasteiger partial charge in [-0.3, -0.25) is 5.84 Å². The molecule has 18 heavy (non-hydrogen) atoms. The van der Waals surface area contributed by atoms with E-state index in [-0.39, 0.29) is 6.04 Å². The Morgan fingerprint density at radius 1 is 1.22 bits per heavy atom. The Labute approximate surface area is 128 Å². The molecule has 1 heterocycles. The van der Waals surface area contributed by atoms with Crippen molar-refractivity contribution in [1.82, 2.24) is 5.43 Å². The van der Waals surface area contributed by atoms with Crippen molar-refractivity contribution in [3.63, 3.8) is 0 Å². The van der Waals surface area contributed by atoms with Crippen molar-refractivity contribution < 1.29 is 0 Å². The summed E-state index contributed by atoms with van der Waals surface area (Å²) in [4.78, 5) is 1.19. The Kier molecular flexibility index (Phi) is 4.61. The second kappa shape index (κ2) is 5.84. The van der Waals surface area contributed by atoms with Gasteiger partial charge >= 0.3 is 0 Å². The number of rotatable bonds is 3. The normalized spacial score (nSPS) is 12.7. The van der Waals surface area contributed by atoms with Gasteiger partial charge in [0.1, 0.15) is 0 Å². The fraction of sp³-hybridized carbons (Fsp3) is 0.231. The first kappa shape index (κ1) is 14.2. The maximum Gasteiger partial charge on any atom is 0.0843 e. The zero-order chi connectivity index (χ0) is 13.3. The second-order valence-electron chi connectivity index (χ2n) is 4.23. The zero-order valence-electron chi connectivity index (χ0n) is 10.1. The molecule has 0 saturated heterocycles. The minimum atomic E-state index is 0.0255. The first-order chi connectivity index (χ1) is 8.52. The third kappa shape index (κ3) is 2.86. The van der Waals surface area contributed by atoms with Crippen LogP contribution < -0.4 is 11.3 Å². The summed E-state index contributed by atoms with van der Waals surface area (Å²) >= 11 is 8.72. The Morgan fingerprint density at radius 3 is 2.50 bits per heavy atom. The fourth-order valence-corrected chi connectivity index (χ4v) is 4.07. The fourth-order valence-electron chi connectivity index (χ4n) is 1.90. The first-order valence-electron chi connectivity index (χ1n) is 5.51. The molecule has 0 aliphatic heterocycles. The summed E-state index contributed by atoms with van der Waals surface area (Å²) in [5, 5.41) is 0. The van der Waals surface area contributed by atoms with Gasteiger partial charge in [-0.1, -0.05) is 23.8 Å². The highest BCUT2D eigenvalue weighted by Crippen LogP contribution is 2.38. The Hall–Kier alpha value is -0.200. The number of hydrogen-bond acceptors (Lipinski definition) is 3. The molecule has 1 atom stereocenters. The molecule has 3 N–H and O–H groups in total. The monoisotopic (exact) mass is 388 g/mol. The summed E-state index contributed by atoms with van der Waals surface area (Å²) in [7, 11) is 0. The lowest BCUT2D eigenvalue weighted by atomic mass is 9.98. The van der Waals surface area contributed by atoms with Crippen LogP contribution in [0.3, 0.4) is 0 Å². The Bertz CT molecular complexity index is 547. The minimum Gasteiger partial charge on any atom is -0.271 e. The van der Waals surface area contributed by atoms with Crippen molar-refractivity contribution in [3.05, 3.63) is 54.1 Å². The van der Waals surface area contributed by atoms with Gasteiger partial charge in [-0.2, -0.15) is 0 Å². The zero-order valence-corrected chi connectivity index (χ0v) is 14.1. The first-order valence-corrected chi connectivity index (χ1v) is 7.91. The summed E-state index contributed by atoms with van der Waals surface area (Å²) in [5.41, 5.74) is 6.61. The van der Waals surface area contributed by atoms with Crippen LogP contribution in [0.5, 0.6) is 0 Å². The van der Waals surface area contributed by atoms with Gasteiger partial charge in [-0.15, -0.1) is 11.3 Å². The number of nitrogens with one attached hydrogen (secondary N) is 1. The smallest absolute Gasteiger partial charge is 0.0843 e. The van der Waals surface area contributed by atoms with Crippen LogP contribution in [0, 0.1) is 13.8 Å². The van der Waals surface area contributed by atoms with Crippen LogP contribution in [0.1, 0.15) is 27.6 Å². The maximum atomic E-state index is 5.74. The highest BCUT2D eigenvalue weighted by Gasteiger charge is 2.18. The van der Waals surface area contributed by atoms with Gasteiger partial charge in [0.05, 0.1) is 9.83 Å². The molecular weight excluding hydrogens is 376 g/mol. The molecule has 2 nitrogen and oxygen atoms in total. The molecule has 0 spiro atoms. The third-order valence-electron chi connectivity index (χ3n) is 2.86. The van der Waals surface area contributed by atoms with Crippen molar-refractivity contribution in [1.29, 1.82) is 0 Å². The predicted octanol–water partition coefficient (Wildman–Crippen LogP) is 4.44. The van der Waals surface area contributed by atoms with E-state index < -0.39 is 0 Å². The summed E-state index contributed by atoms with van der Waals surface area (Å²) in [5.74, 6) is 5.74. The van der Waals surface area contributed by atoms with Crippen molar-refractivity contribution >= 4 is 43.2 Å². The lowest BCUT2D eigenvalue weighted by Gasteiger charge is -2.17. The second-order valence-corrected chi connectivity index (χ2v) is 7.49. The van der Waals surface area contributed by atoms with Crippen molar-refractivity contribution in [3.8, 4) is 0 Å². The Balaban J connectivity index is 2.48. The van der Waals surface area contributed by atoms with E-state index in [1.54, 1.807) is 11.3 Å². The van der Waals surface area contributed by atoms with E-state index in [1.165, 1.54) is 21.6 Å². The number of halogens is 2. The standard InChI is InChI=1S/C13H14Br2N2S/c1-7-3-4-8(2)9(5-7)12(17-16)11-6-10(14)13(15)18-11/h3-6,12,17H,16H2,1-2H3. The number of benzene rings is 1.